The predicted molar refractivity (Wildman–Crippen MR) is 71.9 cm³/mol. The van der Waals surface area contributed by atoms with Gasteiger partial charge in [0.25, 0.3) is 9.05 Å². The Morgan fingerprint density at radius 1 is 1.56 bits per heavy atom. The molecule has 4 nitrogen and oxygen atoms in total. The van der Waals surface area contributed by atoms with Gasteiger partial charge in [-0.25, -0.2) is 13.2 Å². The fourth-order valence-electron chi connectivity index (χ4n) is 1.55. The Morgan fingerprint density at radius 2 is 2.17 bits per heavy atom. The number of ether oxygens (including phenoxy) is 1. The lowest BCUT2D eigenvalue weighted by molar-refractivity contribution is 0.0323. The minimum Gasteiger partial charge on any atom is -0.459 e. The Labute approximate surface area is 115 Å². The van der Waals surface area contributed by atoms with Crippen LogP contribution in [0, 0.1) is 6.92 Å². The first kappa shape index (κ1) is 15.5. The van der Waals surface area contributed by atoms with Crippen LogP contribution in [-0.4, -0.2) is 20.5 Å². The summed E-state index contributed by atoms with van der Waals surface area (Å²) in [5, 5.41) is 1.46. The second kappa shape index (κ2) is 6.04. The number of carbonyl (C=O) groups is 1. The molecule has 0 bridgehead atoms. The highest BCUT2D eigenvalue weighted by Crippen LogP contribution is 2.29. The zero-order valence-corrected chi connectivity index (χ0v) is 12.8. The molecule has 1 unspecified atom stereocenters. The normalized spacial score (nSPS) is 13.3. The van der Waals surface area contributed by atoms with Crippen molar-refractivity contribution in [3.8, 4) is 0 Å². The van der Waals surface area contributed by atoms with Crippen LogP contribution >= 0.6 is 22.0 Å². The predicted octanol–water partition coefficient (Wildman–Crippen LogP) is 3.33. The molecule has 0 aliphatic rings. The van der Waals surface area contributed by atoms with Crippen LogP contribution < -0.4 is 0 Å². The summed E-state index contributed by atoms with van der Waals surface area (Å²) in [5.74, 6) is -0.503. The van der Waals surface area contributed by atoms with E-state index in [2.05, 4.69) is 0 Å². The van der Waals surface area contributed by atoms with E-state index in [1.807, 2.05) is 13.8 Å². The molecule has 1 heterocycles. The van der Waals surface area contributed by atoms with Crippen LogP contribution in [0.5, 0.6) is 0 Å². The van der Waals surface area contributed by atoms with Crippen molar-refractivity contribution in [2.45, 2.75) is 43.9 Å². The van der Waals surface area contributed by atoms with E-state index in [9.17, 15) is 13.2 Å². The monoisotopic (exact) mass is 310 g/mol. The van der Waals surface area contributed by atoms with E-state index in [0.29, 0.717) is 5.56 Å². The molecule has 0 aromatic carbocycles. The van der Waals surface area contributed by atoms with Gasteiger partial charge in [-0.2, -0.15) is 0 Å². The van der Waals surface area contributed by atoms with Crippen LogP contribution in [0.3, 0.4) is 0 Å². The average molecular weight is 311 g/mol. The highest BCUT2D eigenvalue weighted by molar-refractivity contribution is 8.15. The quantitative estimate of drug-likeness (QED) is 0.618. The largest absolute Gasteiger partial charge is 0.459 e. The summed E-state index contributed by atoms with van der Waals surface area (Å²) in [5.41, 5.74) is 0.617. The van der Waals surface area contributed by atoms with Crippen molar-refractivity contribution in [2.24, 2.45) is 0 Å². The number of carbonyl (C=O) groups excluding carboxylic acids is 1. The average Bonchev–Trinajstić information content (AvgIpc) is 2.59. The summed E-state index contributed by atoms with van der Waals surface area (Å²) in [6, 6.07) is 0. The first-order chi connectivity index (χ1) is 8.27. The van der Waals surface area contributed by atoms with E-state index in [-0.39, 0.29) is 15.9 Å². The highest BCUT2D eigenvalue weighted by Gasteiger charge is 2.23. The first-order valence-corrected chi connectivity index (χ1v) is 8.70. The number of rotatable bonds is 5. The van der Waals surface area contributed by atoms with Crippen molar-refractivity contribution in [1.82, 2.24) is 0 Å². The molecule has 18 heavy (non-hydrogen) atoms. The van der Waals surface area contributed by atoms with E-state index < -0.39 is 15.0 Å². The van der Waals surface area contributed by atoms with Crippen molar-refractivity contribution in [3.05, 3.63) is 16.5 Å². The molecular formula is C11H15ClO4S2. The number of thiophene rings is 1. The van der Waals surface area contributed by atoms with Crippen molar-refractivity contribution in [3.63, 3.8) is 0 Å². The van der Waals surface area contributed by atoms with Crippen LogP contribution in [0.1, 0.15) is 42.6 Å². The Hall–Kier alpha value is -0.590. The second-order valence-corrected chi connectivity index (χ2v) is 7.65. The Bertz CT molecular complexity index is 533. The third-order valence-electron chi connectivity index (χ3n) is 2.44. The molecule has 0 fully saturated rings. The first-order valence-electron chi connectivity index (χ1n) is 5.51. The van der Waals surface area contributed by atoms with Gasteiger partial charge in [0.2, 0.25) is 0 Å². The minimum absolute atomic E-state index is 0.000684. The van der Waals surface area contributed by atoms with Gasteiger partial charge in [0.1, 0.15) is 4.21 Å². The zero-order chi connectivity index (χ0) is 13.9. The smallest absolute Gasteiger partial charge is 0.339 e. The van der Waals surface area contributed by atoms with Crippen LogP contribution in [0.25, 0.3) is 0 Å². The molecule has 1 aromatic heterocycles. The molecule has 0 aliphatic carbocycles. The van der Waals surface area contributed by atoms with E-state index in [4.69, 9.17) is 15.4 Å². The van der Waals surface area contributed by atoms with Gasteiger partial charge in [-0.05, 0) is 25.8 Å². The maximum atomic E-state index is 11.8. The van der Waals surface area contributed by atoms with Crippen LogP contribution in [-0.2, 0) is 13.8 Å². The third-order valence-corrected chi connectivity index (χ3v) is 5.75. The molecule has 0 saturated carbocycles. The number of halogens is 1. The van der Waals surface area contributed by atoms with E-state index in [1.54, 1.807) is 6.92 Å². The standard InChI is InChI=1S/C11H15ClO4S2/c1-4-5-7(2)16-10(13)9-6-17-11(8(9)3)18(12,14)15/h6-7H,4-5H2,1-3H3. The number of hydrogen-bond donors (Lipinski definition) is 0. The van der Waals surface area contributed by atoms with Crippen LogP contribution in [0.2, 0.25) is 0 Å². The van der Waals surface area contributed by atoms with Crippen molar-refractivity contribution < 1.29 is 17.9 Å². The van der Waals surface area contributed by atoms with Gasteiger partial charge in [0.05, 0.1) is 11.7 Å². The SMILES string of the molecule is CCCC(C)OC(=O)c1csc(S(=O)(=O)Cl)c1C. The van der Waals surface area contributed by atoms with Crippen molar-refractivity contribution in [2.75, 3.05) is 0 Å². The molecule has 0 saturated heterocycles. The summed E-state index contributed by atoms with van der Waals surface area (Å²) in [4.78, 5) is 11.8. The maximum Gasteiger partial charge on any atom is 0.339 e. The third kappa shape index (κ3) is 3.70. The van der Waals surface area contributed by atoms with Gasteiger partial charge in [0.15, 0.2) is 0 Å². The molecule has 0 spiro atoms. The topological polar surface area (TPSA) is 60.4 Å². The van der Waals surface area contributed by atoms with Gasteiger partial charge in [-0.1, -0.05) is 13.3 Å². The van der Waals surface area contributed by atoms with Crippen molar-refractivity contribution >= 4 is 37.0 Å². The van der Waals surface area contributed by atoms with Crippen LogP contribution in [0.15, 0.2) is 9.59 Å². The van der Waals surface area contributed by atoms with E-state index in [1.165, 1.54) is 5.38 Å². The molecule has 0 radical (unpaired) electrons. The summed E-state index contributed by atoms with van der Waals surface area (Å²) in [7, 11) is 1.47. The molecule has 1 atom stereocenters. The molecule has 102 valence electrons. The minimum atomic E-state index is -3.80. The molecule has 0 N–H and O–H groups in total. The molecule has 0 aliphatic heterocycles. The highest BCUT2D eigenvalue weighted by atomic mass is 35.7. The maximum absolute atomic E-state index is 11.8. The zero-order valence-electron chi connectivity index (χ0n) is 10.4. The van der Waals surface area contributed by atoms with Gasteiger partial charge >= 0.3 is 5.97 Å². The van der Waals surface area contributed by atoms with Gasteiger partial charge < -0.3 is 4.74 Å². The second-order valence-electron chi connectivity index (χ2n) is 4.00. The lowest BCUT2D eigenvalue weighted by atomic mass is 10.2. The number of hydrogen-bond acceptors (Lipinski definition) is 5. The van der Waals surface area contributed by atoms with E-state index >= 15 is 0 Å². The van der Waals surface area contributed by atoms with Crippen LogP contribution in [0.4, 0.5) is 0 Å². The fourth-order valence-corrected chi connectivity index (χ4v) is 4.09. The Balaban J connectivity index is 2.92. The number of esters is 1. The molecule has 7 heteroatoms. The summed E-state index contributed by atoms with van der Waals surface area (Å²) in [6.07, 6.45) is 1.51. The van der Waals surface area contributed by atoms with Gasteiger partial charge in [-0.15, -0.1) is 11.3 Å². The lowest BCUT2D eigenvalue weighted by Gasteiger charge is -2.11. The Kier molecular flexibility index (Phi) is 5.19. The molecular weight excluding hydrogens is 296 g/mol. The summed E-state index contributed by atoms with van der Waals surface area (Å²) >= 11 is 0.931. The van der Waals surface area contributed by atoms with Gasteiger partial charge in [0, 0.05) is 16.1 Å². The lowest BCUT2D eigenvalue weighted by Crippen LogP contribution is -2.15. The summed E-state index contributed by atoms with van der Waals surface area (Å²) in [6.45, 7) is 5.35. The summed E-state index contributed by atoms with van der Waals surface area (Å²) < 4.78 is 27.7. The molecule has 0 amide bonds. The van der Waals surface area contributed by atoms with Gasteiger partial charge in [-0.3, -0.25) is 0 Å². The molecule has 1 aromatic rings. The fraction of sp³-hybridized carbons (Fsp3) is 0.545. The van der Waals surface area contributed by atoms with E-state index in [0.717, 1.165) is 24.2 Å². The molecule has 1 rings (SSSR count). The van der Waals surface area contributed by atoms with Crippen molar-refractivity contribution in [1.29, 1.82) is 0 Å². The Morgan fingerprint density at radius 3 is 2.61 bits per heavy atom.